The van der Waals surface area contributed by atoms with Gasteiger partial charge in [0.15, 0.2) is 0 Å². The maximum absolute atomic E-state index is 5.37. The van der Waals surface area contributed by atoms with Crippen LogP contribution in [0, 0.1) is 6.92 Å². The molecule has 1 aromatic heterocycles. The average Bonchev–Trinajstić information content (AvgIpc) is 2.66. The number of aromatic nitrogens is 1. The molecule has 0 radical (unpaired) electrons. The molecular weight excluding hydrogens is 220 g/mol. The van der Waals surface area contributed by atoms with Gasteiger partial charge in [0.25, 0.3) is 0 Å². The van der Waals surface area contributed by atoms with Crippen molar-refractivity contribution in [2.45, 2.75) is 45.2 Å². The topological polar surface area (TPSA) is 34.1 Å². The Balaban J connectivity index is 2.01. The highest BCUT2D eigenvalue weighted by Gasteiger charge is 2.27. The van der Waals surface area contributed by atoms with Gasteiger partial charge in [-0.1, -0.05) is 0 Å². The average molecular weight is 240 g/mol. The first-order chi connectivity index (χ1) is 7.58. The van der Waals surface area contributed by atoms with E-state index in [2.05, 4.69) is 29.5 Å². The van der Waals surface area contributed by atoms with Crippen LogP contribution in [0.3, 0.4) is 0 Å². The molecule has 1 aromatic rings. The summed E-state index contributed by atoms with van der Waals surface area (Å²) in [6.07, 6.45) is 2.21. The molecule has 1 aliphatic rings. The first-order valence-electron chi connectivity index (χ1n) is 5.86. The largest absolute Gasteiger partial charge is 0.381 e. The van der Waals surface area contributed by atoms with E-state index in [9.17, 15) is 0 Å². The minimum Gasteiger partial charge on any atom is -0.381 e. The number of thiazole rings is 1. The lowest BCUT2D eigenvalue weighted by molar-refractivity contribution is 0.0699. The molecule has 0 saturated carbocycles. The minimum atomic E-state index is -0.0269. The zero-order valence-electron chi connectivity index (χ0n) is 10.2. The predicted molar refractivity (Wildman–Crippen MR) is 66.9 cm³/mol. The molecule has 3 nitrogen and oxygen atoms in total. The molecule has 1 aliphatic heterocycles. The highest BCUT2D eigenvalue weighted by Crippen LogP contribution is 2.25. The summed E-state index contributed by atoms with van der Waals surface area (Å²) < 4.78 is 5.37. The third-order valence-electron chi connectivity index (χ3n) is 2.94. The zero-order chi connectivity index (χ0) is 11.6. The van der Waals surface area contributed by atoms with Crippen molar-refractivity contribution in [3.8, 4) is 0 Å². The van der Waals surface area contributed by atoms with E-state index in [1.165, 1.54) is 5.01 Å². The van der Waals surface area contributed by atoms with Crippen LogP contribution in [0.15, 0.2) is 5.38 Å². The van der Waals surface area contributed by atoms with Gasteiger partial charge in [0.05, 0.1) is 5.54 Å². The van der Waals surface area contributed by atoms with Crippen molar-refractivity contribution in [2.75, 3.05) is 13.2 Å². The SMILES string of the molecule is Cc1csc(C(C)(C)NC2CCOCC2)n1. The second-order valence-corrected chi connectivity index (χ2v) is 5.81. The molecule has 90 valence electrons. The van der Waals surface area contributed by atoms with Crippen molar-refractivity contribution >= 4 is 11.3 Å². The molecule has 0 amide bonds. The molecule has 2 heterocycles. The second-order valence-electron chi connectivity index (χ2n) is 4.95. The lowest BCUT2D eigenvalue weighted by atomic mass is 10.0. The lowest BCUT2D eigenvalue weighted by Gasteiger charge is -2.32. The maximum atomic E-state index is 5.37. The summed E-state index contributed by atoms with van der Waals surface area (Å²) in [4.78, 5) is 4.57. The third-order valence-corrected chi connectivity index (χ3v) is 4.22. The van der Waals surface area contributed by atoms with E-state index < -0.39 is 0 Å². The summed E-state index contributed by atoms with van der Waals surface area (Å²) in [5.74, 6) is 0. The Hall–Kier alpha value is -0.450. The van der Waals surface area contributed by atoms with Gasteiger partial charge < -0.3 is 10.1 Å². The quantitative estimate of drug-likeness (QED) is 0.881. The Labute approximate surface area is 101 Å². The number of nitrogens with one attached hydrogen (secondary N) is 1. The summed E-state index contributed by atoms with van der Waals surface area (Å²) in [6.45, 7) is 8.22. The Kier molecular flexibility index (Phi) is 3.62. The molecule has 4 heteroatoms. The Morgan fingerprint density at radius 2 is 2.12 bits per heavy atom. The van der Waals surface area contributed by atoms with Crippen molar-refractivity contribution in [1.29, 1.82) is 0 Å². The molecule has 1 saturated heterocycles. The van der Waals surface area contributed by atoms with Crippen molar-refractivity contribution in [3.05, 3.63) is 16.1 Å². The third kappa shape index (κ3) is 2.81. The minimum absolute atomic E-state index is 0.0269. The fourth-order valence-electron chi connectivity index (χ4n) is 2.06. The highest BCUT2D eigenvalue weighted by molar-refractivity contribution is 7.09. The number of nitrogens with zero attached hydrogens (tertiary/aromatic N) is 1. The standard InChI is InChI=1S/C12H20N2OS/c1-9-8-16-11(13-9)12(2,3)14-10-4-6-15-7-5-10/h8,10,14H,4-7H2,1-3H3. The van der Waals surface area contributed by atoms with Crippen LogP contribution in [-0.4, -0.2) is 24.2 Å². The highest BCUT2D eigenvalue weighted by atomic mass is 32.1. The molecule has 0 bridgehead atoms. The first kappa shape index (κ1) is 12.0. The van der Waals surface area contributed by atoms with Gasteiger partial charge >= 0.3 is 0 Å². The van der Waals surface area contributed by atoms with Crippen molar-refractivity contribution in [2.24, 2.45) is 0 Å². The molecule has 0 atom stereocenters. The molecule has 0 unspecified atom stereocenters. The van der Waals surface area contributed by atoms with Gasteiger partial charge in [0, 0.05) is 30.3 Å². The van der Waals surface area contributed by atoms with Gasteiger partial charge in [-0.15, -0.1) is 11.3 Å². The molecule has 1 fully saturated rings. The van der Waals surface area contributed by atoms with E-state index in [1.807, 2.05) is 6.92 Å². The van der Waals surface area contributed by atoms with E-state index in [0.717, 1.165) is 31.7 Å². The number of hydrogen-bond donors (Lipinski definition) is 1. The van der Waals surface area contributed by atoms with Gasteiger partial charge in [-0.3, -0.25) is 0 Å². The molecule has 1 N–H and O–H groups in total. The normalized spacial score (nSPS) is 18.9. The summed E-state index contributed by atoms with van der Waals surface area (Å²) in [6, 6.07) is 0.563. The van der Waals surface area contributed by atoms with E-state index in [-0.39, 0.29) is 5.54 Å². The lowest BCUT2D eigenvalue weighted by Crippen LogP contribution is -2.46. The second kappa shape index (κ2) is 4.82. The Morgan fingerprint density at radius 1 is 1.44 bits per heavy atom. The van der Waals surface area contributed by atoms with Crippen LogP contribution in [0.1, 0.15) is 37.4 Å². The molecule has 0 aromatic carbocycles. The van der Waals surface area contributed by atoms with Crippen LogP contribution >= 0.6 is 11.3 Å². The van der Waals surface area contributed by atoms with Gasteiger partial charge in [0.2, 0.25) is 0 Å². The summed E-state index contributed by atoms with van der Waals surface area (Å²) in [5.41, 5.74) is 1.09. The monoisotopic (exact) mass is 240 g/mol. The fourth-order valence-corrected chi connectivity index (χ4v) is 2.94. The van der Waals surface area contributed by atoms with E-state index in [1.54, 1.807) is 11.3 Å². The van der Waals surface area contributed by atoms with E-state index in [0.29, 0.717) is 6.04 Å². The molecule has 0 aliphatic carbocycles. The van der Waals surface area contributed by atoms with Gasteiger partial charge in [-0.05, 0) is 33.6 Å². The maximum Gasteiger partial charge on any atom is 0.112 e. The summed E-state index contributed by atoms with van der Waals surface area (Å²) >= 11 is 1.74. The summed E-state index contributed by atoms with van der Waals surface area (Å²) in [5, 5.41) is 6.98. The van der Waals surface area contributed by atoms with Gasteiger partial charge in [-0.2, -0.15) is 0 Å². The Morgan fingerprint density at radius 3 is 2.69 bits per heavy atom. The van der Waals surface area contributed by atoms with Gasteiger partial charge in [0.1, 0.15) is 5.01 Å². The van der Waals surface area contributed by atoms with E-state index in [4.69, 9.17) is 4.74 Å². The number of hydrogen-bond acceptors (Lipinski definition) is 4. The molecule has 16 heavy (non-hydrogen) atoms. The van der Waals surface area contributed by atoms with Crippen molar-refractivity contribution < 1.29 is 4.74 Å². The first-order valence-corrected chi connectivity index (χ1v) is 6.74. The molecular formula is C12H20N2OS. The smallest absolute Gasteiger partial charge is 0.112 e. The predicted octanol–water partition coefficient (Wildman–Crippen LogP) is 2.46. The van der Waals surface area contributed by atoms with Crippen LogP contribution in [0.2, 0.25) is 0 Å². The molecule has 2 rings (SSSR count). The van der Waals surface area contributed by atoms with Crippen LogP contribution in [0.25, 0.3) is 0 Å². The van der Waals surface area contributed by atoms with Crippen LogP contribution in [0.5, 0.6) is 0 Å². The fraction of sp³-hybridized carbons (Fsp3) is 0.750. The number of ether oxygens (including phenoxy) is 1. The van der Waals surface area contributed by atoms with Crippen molar-refractivity contribution in [3.63, 3.8) is 0 Å². The Bertz CT molecular complexity index is 343. The molecule has 0 spiro atoms. The van der Waals surface area contributed by atoms with Crippen LogP contribution in [-0.2, 0) is 10.3 Å². The van der Waals surface area contributed by atoms with Crippen molar-refractivity contribution in [1.82, 2.24) is 10.3 Å². The van der Waals surface area contributed by atoms with Gasteiger partial charge in [-0.25, -0.2) is 4.98 Å². The summed E-state index contributed by atoms with van der Waals surface area (Å²) in [7, 11) is 0. The van der Waals surface area contributed by atoms with Crippen LogP contribution < -0.4 is 5.32 Å². The number of rotatable bonds is 3. The number of aryl methyl sites for hydroxylation is 1. The van der Waals surface area contributed by atoms with E-state index >= 15 is 0 Å². The van der Waals surface area contributed by atoms with Crippen LogP contribution in [0.4, 0.5) is 0 Å². The zero-order valence-corrected chi connectivity index (χ0v) is 11.1.